The molecule has 2 N–H and O–H groups in total. The number of ketones is 1. The molecule has 0 radical (unpaired) electrons. The summed E-state index contributed by atoms with van der Waals surface area (Å²) in [5, 5.41) is 21.0. The van der Waals surface area contributed by atoms with Crippen molar-refractivity contribution in [3.05, 3.63) is 83.3 Å². The first kappa shape index (κ1) is 23.1. The molecule has 5 nitrogen and oxygen atoms in total. The minimum Gasteiger partial charge on any atom is -0.390 e. The maximum absolute atomic E-state index is 14.2. The molecule has 4 atom stereocenters. The number of hydrogen-bond acceptors (Lipinski definition) is 5. The molecule has 2 heterocycles. The van der Waals surface area contributed by atoms with Crippen molar-refractivity contribution in [2.24, 2.45) is 5.92 Å². The van der Waals surface area contributed by atoms with Crippen molar-refractivity contribution in [2.75, 3.05) is 0 Å². The summed E-state index contributed by atoms with van der Waals surface area (Å²) >= 11 is 0. The average molecular weight is 453 g/mol. The molecule has 1 aliphatic rings. The zero-order valence-corrected chi connectivity index (χ0v) is 18.5. The summed E-state index contributed by atoms with van der Waals surface area (Å²) in [6.07, 6.45) is 3.44. The highest BCUT2D eigenvalue weighted by molar-refractivity contribution is 5.96. The fourth-order valence-electron chi connectivity index (χ4n) is 4.57. The smallest absolute Gasteiger partial charge is 0.185 e. The molecule has 0 aliphatic heterocycles. The Labute approximate surface area is 191 Å². The zero-order chi connectivity index (χ0) is 23.8. The summed E-state index contributed by atoms with van der Waals surface area (Å²) in [4.78, 5) is 21.4. The van der Waals surface area contributed by atoms with Gasteiger partial charge < -0.3 is 10.2 Å². The van der Waals surface area contributed by atoms with Gasteiger partial charge in [-0.1, -0.05) is 19.1 Å². The lowest BCUT2D eigenvalue weighted by molar-refractivity contribution is -0.123. The van der Waals surface area contributed by atoms with Crippen molar-refractivity contribution >= 4 is 5.78 Å². The van der Waals surface area contributed by atoms with Gasteiger partial charge in [-0.05, 0) is 73.1 Å². The molecule has 4 rings (SSSR count). The molecule has 0 amide bonds. The first-order valence-electron chi connectivity index (χ1n) is 11.0. The van der Waals surface area contributed by atoms with Crippen molar-refractivity contribution in [3.63, 3.8) is 0 Å². The van der Waals surface area contributed by atoms with Gasteiger partial charge in [-0.15, -0.1) is 0 Å². The second-order valence-electron chi connectivity index (χ2n) is 8.99. The van der Waals surface area contributed by atoms with Gasteiger partial charge in [-0.25, -0.2) is 13.8 Å². The van der Waals surface area contributed by atoms with Crippen LogP contribution in [0.5, 0.6) is 0 Å². The Hall–Kier alpha value is -3.03. The lowest BCUT2D eigenvalue weighted by Crippen LogP contribution is -2.49. The minimum absolute atomic E-state index is 0.0107. The van der Waals surface area contributed by atoms with Gasteiger partial charge in [0.15, 0.2) is 5.78 Å². The number of carbonyl (C=O) groups is 1. The highest BCUT2D eigenvalue weighted by atomic mass is 19.1. The number of benzene rings is 1. The monoisotopic (exact) mass is 452 g/mol. The van der Waals surface area contributed by atoms with Crippen LogP contribution in [-0.2, 0) is 6.42 Å². The number of carbonyl (C=O) groups excluding carboxylic acids is 1. The van der Waals surface area contributed by atoms with E-state index in [0.717, 1.165) is 17.7 Å². The third kappa shape index (κ3) is 4.56. The van der Waals surface area contributed by atoms with E-state index in [9.17, 15) is 23.8 Å². The fourth-order valence-corrected chi connectivity index (χ4v) is 4.57. The number of aliphatic hydroxyl groups is 2. The standard InChI is InChI=1S/C26H26F2N2O3/c1-15-11-16(13-24(32)26(15,2)33)18-9-10-29-14-17(18)12-23(31)21-7-4-8-22(30-21)25-19(27)5-3-6-20(25)28/h3-10,14-16,24,32-33H,11-13H2,1-2H3/t15-,16+,24+,26+/m0/s1. The van der Waals surface area contributed by atoms with Crippen molar-refractivity contribution in [2.45, 2.75) is 50.7 Å². The van der Waals surface area contributed by atoms with Gasteiger partial charge in [-0.3, -0.25) is 9.78 Å². The predicted molar refractivity (Wildman–Crippen MR) is 120 cm³/mol. The number of pyridine rings is 2. The number of hydrogen-bond donors (Lipinski definition) is 2. The summed E-state index contributed by atoms with van der Waals surface area (Å²) in [5.74, 6) is -1.96. The van der Waals surface area contributed by atoms with Gasteiger partial charge in [0.05, 0.1) is 23.0 Å². The van der Waals surface area contributed by atoms with Gasteiger partial charge in [-0.2, -0.15) is 0 Å². The first-order valence-corrected chi connectivity index (χ1v) is 11.0. The van der Waals surface area contributed by atoms with Crippen LogP contribution in [0.25, 0.3) is 11.3 Å². The van der Waals surface area contributed by atoms with Crippen LogP contribution in [0.1, 0.15) is 54.2 Å². The normalized spacial score (nSPS) is 25.1. The number of aliphatic hydroxyl groups excluding tert-OH is 1. The molecule has 7 heteroatoms. The van der Waals surface area contributed by atoms with Gasteiger partial charge >= 0.3 is 0 Å². The largest absolute Gasteiger partial charge is 0.390 e. The van der Waals surface area contributed by atoms with Crippen molar-refractivity contribution in [3.8, 4) is 11.3 Å². The molecular weight excluding hydrogens is 426 g/mol. The van der Waals surface area contributed by atoms with E-state index in [1.165, 1.54) is 18.2 Å². The van der Waals surface area contributed by atoms with Gasteiger partial charge in [0.25, 0.3) is 0 Å². The third-order valence-electron chi connectivity index (χ3n) is 6.80. The topological polar surface area (TPSA) is 83.3 Å². The molecule has 1 fully saturated rings. The van der Waals surface area contributed by atoms with Gasteiger partial charge in [0, 0.05) is 18.8 Å². The number of aromatic nitrogens is 2. The van der Waals surface area contributed by atoms with E-state index < -0.39 is 23.3 Å². The molecule has 0 saturated heterocycles. The number of nitrogens with zero attached hydrogens (tertiary/aromatic N) is 2. The SMILES string of the molecule is C[C@H]1C[C@@H](c2ccncc2CC(=O)c2cccc(-c3c(F)cccc3F)n2)C[C@@H](O)[C@]1(C)O. The van der Waals surface area contributed by atoms with E-state index in [0.29, 0.717) is 18.4 Å². The summed E-state index contributed by atoms with van der Waals surface area (Å²) in [6.45, 7) is 3.55. The molecule has 0 spiro atoms. The van der Waals surface area contributed by atoms with Crippen LogP contribution in [-0.4, -0.2) is 37.7 Å². The second-order valence-corrected chi connectivity index (χ2v) is 8.99. The Kier molecular flexibility index (Phi) is 6.36. The molecule has 1 aliphatic carbocycles. The zero-order valence-electron chi connectivity index (χ0n) is 18.5. The summed E-state index contributed by atoms with van der Waals surface area (Å²) < 4.78 is 28.4. The Morgan fingerprint density at radius 1 is 1.12 bits per heavy atom. The molecule has 0 unspecified atom stereocenters. The third-order valence-corrected chi connectivity index (χ3v) is 6.80. The van der Waals surface area contributed by atoms with Gasteiger partial charge in [0.1, 0.15) is 17.3 Å². The Morgan fingerprint density at radius 3 is 2.52 bits per heavy atom. The Morgan fingerprint density at radius 2 is 1.82 bits per heavy atom. The molecule has 2 aromatic heterocycles. The number of halogens is 2. The molecule has 172 valence electrons. The molecule has 0 bridgehead atoms. The van der Waals surface area contributed by atoms with E-state index in [1.807, 2.05) is 13.0 Å². The molecule has 1 saturated carbocycles. The van der Waals surface area contributed by atoms with E-state index in [4.69, 9.17) is 0 Å². The average Bonchev–Trinajstić information content (AvgIpc) is 2.78. The van der Waals surface area contributed by atoms with Crippen LogP contribution in [0.15, 0.2) is 54.9 Å². The predicted octanol–water partition coefficient (Wildman–Crippen LogP) is 4.47. The van der Waals surface area contributed by atoms with Crippen molar-refractivity contribution < 1.29 is 23.8 Å². The van der Waals surface area contributed by atoms with Crippen LogP contribution in [0, 0.1) is 17.6 Å². The van der Waals surface area contributed by atoms with Gasteiger partial charge in [0.2, 0.25) is 0 Å². The van der Waals surface area contributed by atoms with Crippen LogP contribution in [0.2, 0.25) is 0 Å². The summed E-state index contributed by atoms with van der Waals surface area (Å²) in [6, 6.07) is 9.93. The molecule has 33 heavy (non-hydrogen) atoms. The maximum atomic E-state index is 14.2. The maximum Gasteiger partial charge on any atom is 0.185 e. The van der Waals surface area contributed by atoms with Crippen LogP contribution >= 0.6 is 0 Å². The summed E-state index contributed by atoms with van der Waals surface area (Å²) in [5.41, 5.74) is 0.325. The quantitative estimate of drug-likeness (QED) is 0.558. The molecule has 3 aromatic rings. The van der Waals surface area contributed by atoms with E-state index in [1.54, 1.807) is 25.4 Å². The van der Waals surface area contributed by atoms with E-state index in [2.05, 4.69) is 9.97 Å². The lowest BCUT2D eigenvalue weighted by atomic mass is 9.68. The Bertz CT molecular complexity index is 1150. The molecular formula is C26H26F2N2O3. The van der Waals surface area contributed by atoms with Crippen LogP contribution in [0.4, 0.5) is 8.78 Å². The highest BCUT2D eigenvalue weighted by Gasteiger charge is 2.43. The number of Topliss-reactive ketones (excluding diaryl/α,β-unsaturated/α-hetero) is 1. The van der Waals surface area contributed by atoms with E-state index in [-0.39, 0.29) is 41.0 Å². The Balaban J connectivity index is 1.60. The van der Waals surface area contributed by atoms with Crippen LogP contribution < -0.4 is 0 Å². The lowest BCUT2D eigenvalue weighted by Gasteiger charge is -2.43. The first-order chi connectivity index (χ1) is 15.7. The van der Waals surface area contributed by atoms with Crippen molar-refractivity contribution in [1.29, 1.82) is 0 Å². The van der Waals surface area contributed by atoms with Crippen LogP contribution in [0.3, 0.4) is 0 Å². The van der Waals surface area contributed by atoms with E-state index >= 15 is 0 Å². The highest BCUT2D eigenvalue weighted by Crippen LogP contribution is 2.42. The fraction of sp³-hybridized carbons (Fsp3) is 0.346. The summed E-state index contributed by atoms with van der Waals surface area (Å²) in [7, 11) is 0. The minimum atomic E-state index is -1.16. The molecule has 1 aromatic carbocycles. The second kappa shape index (κ2) is 9.08. The number of rotatable bonds is 5. The van der Waals surface area contributed by atoms with Crippen molar-refractivity contribution in [1.82, 2.24) is 9.97 Å².